The monoisotopic (exact) mass is 762 g/mol. The summed E-state index contributed by atoms with van der Waals surface area (Å²) in [7, 11) is 0. The van der Waals surface area contributed by atoms with Crippen molar-refractivity contribution in [2.75, 3.05) is 13.2 Å². The number of ether oxygens (including phenoxy) is 3. The third-order valence-corrected chi connectivity index (χ3v) is 6.67. The number of nitrogens with zero attached hydrogens (tertiary/aromatic N) is 1. The highest BCUT2D eigenvalue weighted by Crippen LogP contribution is 2.33. The highest BCUT2D eigenvalue weighted by molar-refractivity contribution is 14.1. The van der Waals surface area contributed by atoms with Crippen molar-refractivity contribution in [3.05, 3.63) is 65.9 Å². The van der Waals surface area contributed by atoms with Gasteiger partial charge in [-0.15, -0.1) is 0 Å². The van der Waals surface area contributed by atoms with Crippen LogP contribution in [-0.2, 0) is 19.1 Å². The molecule has 0 aromatic heterocycles. The molecule has 200 valence electrons. The average molecular weight is 762 g/mol. The molecule has 1 heterocycles. The SMILES string of the molecule is CCOC(=O)C1=C(C)NC(=S)N[C@@H]1c1ccccc1OCC(=O)NN=Cc1cc(I)cc(I)c1OC(C)=O. The van der Waals surface area contributed by atoms with Crippen molar-refractivity contribution in [1.82, 2.24) is 16.1 Å². The van der Waals surface area contributed by atoms with E-state index in [1.165, 1.54) is 13.1 Å². The van der Waals surface area contributed by atoms with Crippen molar-refractivity contribution in [3.8, 4) is 11.5 Å². The van der Waals surface area contributed by atoms with Gasteiger partial charge in [-0.25, -0.2) is 10.2 Å². The quantitative estimate of drug-likeness (QED) is 0.0876. The molecule has 2 aromatic carbocycles. The molecule has 38 heavy (non-hydrogen) atoms. The number of benzene rings is 2. The van der Waals surface area contributed by atoms with E-state index in [-0.39, 0.29) is 13.2 Å². The maximum absolute atomic E-state index is 12.7. The zero-order valence-corrected chi connectivity index (χ0v) is 25.7. The van der Waals surface area contributed by atoms with Gasteiger partial charge in [-0.3, -0.25) is 9.59 Å². The molecular formula is C25H24I2N4O6S. The van der Waals surface area contributed by atoms with E-state index in [4.69, 9.17) is 26.4 Å². The molecule has 13 heteroatoms. The summed E-state index contributed by atoms with van der Waals surface area (Å²) in [4.78, 5) is 36.6. The lowest BCUT2D eigenvalue weighted by molar-refractivity contribution is -0.139. The van der Waals surface area contributed by atoms with Gasteiger partial charge in [0.1, 0.15) is 5.75 Å². The summed E-state index contributed by atoms with van der Waals surface area (Å²) in [6.45, 7) is 4.65. The number of amides is 1. The number of halogens is 2. The molecule has 0 spiro atoms. The predicted molar refractivity (Wildman–Crippen MR) is 162 cm³/mol. The Labute approximate surface area is 252 Å². The largest absolute Gasteiger partial charge is 0.483 e. The average Bonchev–Trinajstić information content (AvgIpc) is 2.84. The maximum Gasteiger partial charge on any atom is 0.338 e. The third kappa shape index (κ3) is 7.86. The number of nitrogens with one attached hydrogen (secondary N) is 3. The lowest BCUT2D eigenvalue weighted by Gasteiger charge is -2.30. The minimum atomic E-state index is -0.636. The molecule has 0 unspecified atom stereocenters. The Balaban J connectivity index is 1.74. The van der Waals surface area contributed by atoms with Crippen LogP contribution in [0.5, 0.6) is 11.5 Å². The molecule has 0 fully saturated rings. The van der Waals surface area contributed by atoms with Crippen LogP contribution in [0.1, 0.15) is 37.9 Å². The minimum Gasteiger partial charge on any atom is -0.483 e. The van der Waals surface area contributed by atoms with E-state index in [0.717, 1.165) is 7.14 Å². The van der Waals surface area contributed by atoms with Crippen LogP contribution in [0.2, 0.25) is 0 Å². The van der Waals surface area contributed by atoms with Gasteiger partial charge in [0.05, 0.1) is 28.0 Å². The molecule has 1 aliphatic rings. The molecule has 0 bridgehead atoms. The second-order valence-electron chi connectivity index (χ2n) is 7.81. The van der Waals surface area contributed by atoms with Gasteiger partial charge in [0.2, 0.25) is 0 Å². The fourth-order valence-electron chi connectivity index (χ4n) is 3.53. The topological polar surface area (TPSA) is 127 Å². The molecule has 0 aliphatic carbocycles. The van der Waals surface area contributed by atoms with E-state index in [1.807, 2.05) is 6.07 Å². The zero-order valence-electron chi connectivity index (χ0n) is 20.6. The second-order valence-corrected chi connectivity index (χ2v) is 10.6. The van der Waals surface area contributed by atoms with Gasteiger partial charge in [-0.1, -0.05) is 18.2 Å². The predicted octanol–water partition coefficient (Wildman–Crippen LogP) is 3.71. The number of carbonyl (C=O) groups is 3. The van der Waals surface area contributed by atoms with E-state index in [2.05, 4.69) is 66.3 Å². The van der Waals surface area contributed by atoms with Crippen LogP contribution < -0.4 is 25.5 Å². The first-order chi connectivity index (χ1) is 18.1. The summed E-state index contributed by atoms with van der Waals surface area (Å²) in [5.41, 5.74) is 4.48. The van der Waals surface area contributed by atoms with Crippen LogP contribution in [0.15, 0.2) is 52.8 Å². The van der Waals surface area contributed by atoms with Crippen LogP contribution >= 0.6 is 57.4 Å². The van der Waals surface area contributed by atoms with Gasteiger partial charge in [-0.2, -0.15) is 5.10 Å². The Morgan fingerprint density at radius 2 is 1.95 bits per heavy atom. The van der Waals surface area contributed by atoms with Crippen molar-refractivity contribution in [2.45, 2.75) is 26.8 Å². The summed E-state index contributed by atoms with van der Waals surface area (Å²) in [5, 5.41) is 10.4. The molecule has 1 atom stereocenters. The van der Waals surface area contributed by atoms with Crippen molar-refractivity contribution in [1.29, 1.82) is 0 Å². The molecule has 2 aromatic rings. The van der Waals surface area contributed by atoms with E-state index in [0.29, 0.717) is 39.0 Å². The van der Waals surface area contributed by atoms with Gasteiger partial charge in [0.25, 0.3) is 5.91 Å². The first kappa shape index (κ1) is 29.8. The van der Waals surface area contributed by atoms with E-state index >= 15 is 0 Å². The minimum absolute atomic E-state index is 0.218. The van der Waals surface area contributed by atoms with Crippen molar-refractivity contribution in [3.63, 3.8) is 0 Å². The first-order valence-corrected chi connectivity index (χ1v) is 13.8. The number of hydrazone groups is 1. The van der Waals surface area contributed by atoms with Crippen molar-refractivity contribution < 1.29 is 28.6 Å². The number of carbonyl (C=O) groups excluding carboxylic acids is 3. The number of hydrogen-bond donors (Lipinski definition) is 3. The Hall–Kier alpha value is -2.79. The lowest BCUT2D eigenvalue weighted by atomic mass is 9.95. The molecule has 3 rings (SSSR count). The molecule has 0 saturated heterocycles. The van der Waals surface area contributed by atoms with E-state index < -0.39 is 23.9 Å². The molecule has 0 radical (unpaired) electrons. The number of para-hydroxylation sites is 1. The highest BCUT2D eigenvalue weighted by atomic mass is 127. The normalized spacial score (nSPS) is 15.0. The van der Waals surface area contributed by atoms with Crippen LogP contribution in [-0.4, -0.2) is 42.4 Å². The third-order valence-electron chi connectivity index (χ3n) is 5.03. The Morgan fingerprint density at radius 3 is 2.66 bits per heavy atom. The number of thiocarbonyl (C=S) groups is 1. The van der Waals surface area contributed by atoms with E-state index in [9.17, 15) is 14.4 Å². The molecule has 1 aliphatic heterocycles. The van der Waals surface area contributed by atoms with Gasteiger partial charge >= 0.3 is 11.9 Å². The number of esters is 2. The standard InChI is InChI=1S/C25H24I2N4O6S/c1-4-35-24(34)21-13(2)29-25(38)30-22(21)17-7-5-6-8-19(17)36-12-20(33)31-28-11-15-9-16(26)10-18(27)23(15)37-14(3)32/h5-11,22H,4,12H2,1-3H3,(H,31,33)(H2,29,30,38)/t22-/m1/s1. The summed E-state index contributed by atoms with van der Waals surface area (Å²) >= 11 is 9.49. The molecule has 10 nitrogen and oxygen atoms in total. The van der Waals surface area contributed by atoms with Crippen LogP contribution in [0.4, 0.5) is 0 Å². The smallest absolute Gasteiger partial charge is 0.338 e. The zero-order chi connectivity index (χ0) is 27.8. The highest BCUT2D eigenvalue weighted by Gasteiger charge is 2.32. The van der Waals surface area contributed by atoms with Gasteiger partial charge in [0.15, 0.2) is 17.5 Å². The van der Waals surface area contributed by atoms with Crippen molar-refractivity contribution >= 4 is 86.6 Å². The lowest BCUT2D eigenvalue weighted by Crippen LogP contribution is -2.45. The number of allylic oxidation sites excluding steroid dienone is 1. The summed E-state index contributed by atoms with van der Waals surface area (Å²) in [6, 6.07) is 10.0. The second kappa shape index (κ2) is 13.8. The van der Waals surface area contributed by atoms with Crippen LogP contribution in [0.3, 0.4) is 0 Å². The molecule has 1 amide bonds. The Kier molecular flexibility index (Phi) is 10.8. The Bertz CT molecular complexity index is 1330. The maximum atomic E-state index is 12.7. The van der Waals surface area contributed by atoms with Gasteiger partial charge in [0, 0.05) is 27.3 Å². The summed E-state index contributed by atoms with van der Waals surface area (Å²) in [6.07, 6.45) is 1.40. The molecular weight excluding hydrogens is 738 g/mol. The molecule has 0 saturated carbocycles. The van der Waals surface area contributed by atoms with Crippen molar-refractivity contribution in [2.24, 2.45) is 5.10 Å². The fourth-order valence-corrected chi connectivity index (χ4v) is 5.80. The fraction of sp³-hybridized carbons (Fsp3) is 0.240. The van der Waals surface area contributed by atoms with Gasteiger partial charge < -0.3 is 24.8 Å². The number of hydrogen-bond acceptors (Lipinski definition) is 8. The van der Waals surface area contributed by atoms with E-state index in [1.54, 1.807) is 44.2 Å². The van der Waals surface area contributed by atoms with Gasteiger partial charge in [-0.05, 0) is 89.4 Å². The summed E-state index contributed by atoms with van der Waals surface area (Å²) in [5.74, 6) is -0.730. The summed E-state index contributed by atoms with van der Waals surface area (Å²) < 4.78 is 18.0. The Morgan fingerprint density at radius 1 is 1.21 bits per heavy atom. The number of rotatable bonds is 9. The molecule has 3 N–H and O–H groups in total. The van der Waals surface area contributed by atoms with Crippen LogP contribution in [0, 0.1) is 7.14 Å². The first-order valence-electron chi connectivity index (χ1n) is 11.3. The van der Waals surface area contributed by atoms with Crippen LogP contribution in [0.25, 0.3) is 0 Å².